The number of fused-ring (bicyclic) bond motifs is 2. The van der Waals surface area contributed by atoms with Gasteiger partial charge in [-0.05, 0) is 125 Å². The van der Waals surface area contributed by atoms with Crippen LogP contribution in [0.4, 0.5) is 5.69 Å². The Morgan fingerprint density at radius 2 is 1.02 bits per heavy atom. The molecule has 312 valence electrons. The molecule has 1 N–H and O–H groups in total. The van der Waals surface area contributed by atoms with E-state index >= 15 is 0 Å². The first-order chi connectivity index (χ1) is 28.8. The van der Waals surface area contributed by atoms with E-state index in [2.05, 4.69) is 89.1 Å². The summed E-state index contributed by atoms with van der Waals surface area (Å²) in [6, 6.07) is 36.1. The average molecular weight is 852 g/mol. The van der Waals surface area contributed by atoms with Gasteiger partial charge in [-0.15, -0.1) is 0 Å². The van der Waals surface area contributed by atoms with E-state index in [0.29, 0.717) is 10.0 Å². The number of halogens is 3. The predicted molar refractivity (Wildman–Crippen MR) is 255 cm³/mol. The van der Waals surface area contributed by atoms with E-state index in [9.17, 15) is 0 Å². The van der Waals surface area contributed by atoms with Crippen molar-refractivity contribution in [2.75, 3.05) is 70.3 Å². The first-order valence-corrected chi connectivity index (χ1v) is 22.8. The molecule has 2 aromatic heterocycles. The number of aromatic nitrogens is 2. The summed E-state index contributed by atoms with van der Waals surface area (Å²) in [5, 5.41) is 7.60. The zero-order valence-electron chi connectivity index (χ0n) is 35.3. The molecule has 4 heterocycles. The minimum Gasteiger partial charge on any atom is -0.371 e. The van der Waals surface area contributed by atoms with Crippen LogP contribution < -0.4 is 10.2 Å². The van der Waals surface area contributed by atoms with Crippen LogP contribution in [0.15, 0.2) is 109 Å². The van der Waals surface area contributed by atoms with Gasteiger partial charge >= 0.3 is 0 Å². The Labute approximate surface area is 367 Å². The van der Waals surface area contributed by atoms with Crippen LogP contribution in [0.3, 0.4) is 0 Å². The zero-order chi connectivity index (χ0) is 41.6. The summed E-state index contributed by atoms with van der Waals surface area (Å²) in [7, 11) is 0. The van der Waals surface area contributed by atoms with Gasteiger partial charge in [0, 0.05) is 63.8 Å². The predicted octanol–water partition coefficient (Wildman–Crippen LogP) is 12.6. The summed E-state index contributed by atoms with van der Waals surface area (Å²) in [6.45, 7) is 20.9. The standard InChI is InChI=1S/C25H30ClN3.C15H9Cl2N.C10H22N2/c1-3-28(4-2)18-19-12-14-29(15-13-19)25-17-23(20-8-6-5-7-9-20)27-24-16-21(26)10-11-22(24)25;16-11-6-7-12-13(17)9-14(18-15(12)8-11)10-4-2-1-3-5-10;1-3-12(4-2)9-10-5-7-11-8-6-10/h5-11,16-17,19H,3-4,12-15,18H2,1-2H3;1-9H;10-11H,3-9H2,1-2H3. The van der Waals surface area contributed by atoms with Crippen LogP contribution in [-0.4, -0.2) is 85.2 Å². The number of rotatable bonds is 11. The van der Waals surface area contributed by atoms with Gasteiger partial charge in [0.05, 0.1) is 27.4 Å². The third-order valence-electron chi connectivity index (χ3n) is 11.8. The van der Waals surface area contributed by atoms with Crippen LogP contribution in [-0.2, 0) is 0 Å². The molecule has 59 heavy (non-hydrogen) atoms. The molecule has 2 aliphatic rings. The lowest BCUT2D eigenvalue weighted by atomic mass is 9.95. The molecule has 4 aromatic carbocycles. The van der Waals surface area contributed by atoms with E-state index in [1.54, 1.807) is 0 Å². The smallest absolute Gasteiger partial charge is 0.0745 e. The molecular weight excluding hydrogens is 791 g/mol. The van der Waals surface area contributed by atoms with E-state index in [1.165, 1.54) is 76.0 Å². The maximum atomic E-state index is 6.29. The second-order valence-corrected chi connectivity index (χ2v) is 16.9. The second-order valence-electron chi connectivity index (χ2n) is 15.7. The van der Waals surface area contributed by atoms with Crippen molar-refractivity contribution in [2.45, 2.75) is 53.4 Å². The van der Waals surface area contributed by atoms with Gasteiger partial charge in [0.15, 0.2) is 0 Å². The molecule has 2 aliphatic heterocycles. The van der Waals surface area contributed by atoms with Crippen molar-refractivity contribution in [3.8, 4) is 22.5 Å². The molecule has 6 aromatic rings. The number of hydrogen-bond donors (Lipinski definition) is 1. The first kappa shape index (κ1) is 44.8. The molecular formula is C50H61Cl3N6. The SMILES string of the molecule is CCN(CC)CC1CCN(c2cc(-c3ccccc3)nc3cc(Cl)ccc23)CC1.CCN(CC)CC1CCNCC1.Clc1ccc2c(Cl)cc(-c3ccccc3)nc2c1. The summed E-state index contributed by atoms with van der Waals surface area (Å²) in [5.74, 6) is 1.74. The fraction of sp³-hybridized carbons (Fsp3) is 0.400. The Balaban J connectivity index is 0.000000165. The van der Waals surface area contributed by atoms with E-state index in [1.807, 2.05) is 72.8 Å². The summed E-state index contributed by atoms with van der Waals surface area (Å²) in [6.07, 6.45) is 5.23. The normalized spacial score (nSPS) is 15.0. The molecule has 0 atom stereocenters. The van der Waals surface area contributed by atoms with Crippen LogP contribution in [0.25, 0.3) is 44.3 Å². The zero-order valence-corrected chi connectivity index (χ0v) is 37.6. The molecule has 9 heteroatoms. The topological polar surface area (TPSA) is 47.5 Å². The number of anilines is 1. The molecule has 6 nitrogen and oxygen atoms in total. The Bertz CT molecular complexity index is 2180. The minimum atomic E-state index is 0.663. The van der Waals surface area contributed by atoms with Gasteiger partial charge in [-0.1, -0.05) is 123 Å². The fourth-order valence-corrected chi connectivity index (χ4v) is 8.83. The summed E-state index contributed by atoms with van der Waals surface area (Å²) in [4.78, 5) is 17.2. The monoisotopic (exact) mass is 850 g/mol. The van der Waals surface area contributed by atoms with Gasteiger partial charge < -0.3 is 20.0 Å². The van der Waals surface area contributed by atoms with Crippen LogP contribution in [0.2, 0.25) is 15.1 Å². The molecule has 0 radical (unpaired) electrons. The fourth-order valence-electron chi connectivity index (χ4n) is 8.23. The van der Waals surface area contributed by atoms with Crippen molar-refractivity contribution in [1.82, 2.24) is 25.1 Å². The van der Waals surface area contributed by atoms with Crippen molar-refractivity contribution in [1.29, 1.82) is 0 Å². The van der Waals surface area contributed by atoms with Gasteiger partial charge in [0.25, 0.3) is 0 Å². The molecule has 0 spiro atoms. The second kappa shape index (κ2) is 22.7. The first-order valence-electron chi connectivity index (χ1n) is 21.7. The van der Waals surface area contributed by atoms with Gasteiger partial charge in [-0.25, -0.2) is 9.97 Å². The number of hydrogen-bond acceptors (Lipinski definition) is 6. The van der Waals surface area contributed by atoms with E-state index in [4.69, 9.17) is 39.8 Å². The Morgan fingerprint density at radius 3 is 1.53 bits per heavy atom. The van der Waals surface area contributed by atoms with Gasteiger partial charge in [-0.2, -0.15) is 0 Å². The third-order valence-corrected chi connectivity index (χ3v) is 12.6. The van der Waals surface area contributed by atoms with Crippen LogP contribution in [0.1, 0.15) is 53.4 Å². The molecule has 0 bridgehead atoms. The highest BCUT2D eigenvalue weighted by atomic mass is 35.5. The summed E-state index contributed by atoms with van der Waals surface area (Å²) >= 11 is 18.6. The van der Waals surface area contributed by atoms with Crippen molar-refractivity contribution in [3.05, 3.63) is 124 Å². The lowest BCUT2D eigenvalue weighted by molar-refractivity contribution is 0.222. The third kappa shape index (κ3) is 12.6. The van der Waals surface area contributed by atoms with Crippen LogP contribution in [0.5, 0.6) is 0 Å². The van der Waals surface area contributed by atoms with Gasteiger partial charge in [0.2, 0.25) is 0 Å². The number of pyridine rings is 2. The Hall–Kier alpha value is -3.75. The van der Waals surface area contributed by atoms with Crippen LogP contribution >= 0.6 is 34.8 Å². The van der Waals surface area contributed by atoms with Crippen LogP contribution in [0, 0.1) is 11.8 Å². The van der Waals surface area contributed by atoms with Crippen molar-refractivity contribution < 1.29 is 0 Å². The molecule has 8 rings (SSSR count). The largest absolute Gasteiger partial charge is 0.371 e. The minimum absolute atomic E-state index is 0.663. The highest BCUT2D eigenvalue weighted by Gasteiger charge is 2.23. The average Bonchev–Trinajstić information content (AvgIpc) is 3.28. The number of benzene rings is 4. The molecule has 2 fully saturated rings. The molecule has 2 saturated heterocycles. The quantitative estimate of drug-likeness (QED) is 0.140. The van der Waals surface area contributed by atoms with E-state index in [0.717, 1.165) is 82.0 Å². The van der Waals surface area contributed by atoms with Crippen molar-refractivity contribution >= 4 is 62.3 Å². The number of nitrogens with one attached hydrogen (secondary N) is 1. The highest BCUT2D eigenvalue weighted by molar-refractivity contribution is 6.36. The molecule has 0 unspecified atom stereocenters. The maximum absolute atomic E-state index is 6.29. The lowest BCUT2D eigenvalue weighted by Gasteiger charge is -2.36. The summed E-state index contributed by atoms with van der Waals surface area (Å²) in [5.41, 5.74) is 7.13. The molecule has 0 saturated carbocycles. The number of nitrogens with zero attached hydrogens (tertiary/aromatic N) is 5. The van der Waals surface area contributed by atoms with E-state index in [-0.39, 0.29) is 0 Å². The molecule has 0 amide bonds. The van der Waals surface area contributed by atoms with Gasteiger partial charge in [-0.3, -0.25) is 0 Å². The van der Waals surface area contributed by atoms with Crippen molar-refractivity contribution in [2.24, 2.45) is 11.8 Å². The van der Waals surface area contributed by atoms with E-state index < -0.39 is 0 Å². The Morgan fingerprint density at radius 1 is 0.559 bits per heavy atom. The maximum Gasteiger partial charge on any atom is 0.0745 e. The highest BCUT2D eigenvalue weighted by Crippen LogP contribution is 2.35. The van der Waals surface area contributed by atoms with Gasteiger partial charge in [0.1, 0.15) is 0 Å². The number of piperidine rings is 2. The summed E-state index contributed by atoms with van der Waals surface area (Å²) < 4.78 is 0. The Kier molecular flexibility index (Phi) is 17.3. The molecule has 0 aliphatic carbocycles. The van der Waals surface area contributed by atoms with Crippen molar-refractivity contribution in [3.63, 3.8) is 0 Å². The lowest BCUT2D eigenvalue weighted by Crippen LogP contribution is -2.38.